The Morgan fingerprint density at radius 1 is 1.50 bits per heavy atom. The molecule has 0 aromatic carbocycles. The normalized spacial score (nSPS) is 23.5. The van der Waals surface area contributed by atoms with Crippen molar-refractivity contribution in [3.05, 3.63) is 0 Å². The van der Waals surface area contributed by atoms with Gasteiger partial charge in [0.25, 0.3) is 0 Å². The molecule has 58 valence electrons. The Morgan fingerprint density at radius 2 is 2.00 bits per heavy atom. The Balaban J connectivity index is 2.70. The molecule has 0 radical (unpaired) electrons. The number of carbonyl (C=O) groups is 1. The van der Waals surface area contributed by atoms with E-state index in [9.17, 15) is 13.6 Å². The van der Waals surface area contributed by atoms with Gasteiger partial charge in [-0.1, -0.05) is 13.3 Å². The zero-order valence-electron chi connectivity index (χ0n) is 5.86. The van der Waals surface area contributed by atoms with Gasteiger partial charge in [0.15, 0.2) is 6.29 Å². The van der Waals surface area contributed by atoms with E-state index in [0.717, 1.165) is 6.42 Å². The number of aldehydes is 1. The maximum absolute atomic E-state index is 12.6. The number of alkyl halides is 2. The average Bonchev–Trinajstić information content (AvgIpc) is 1.82. The third kappa shape index (κ3) is 0.842. The smallest absolute Gasteiger partial charge is 0.297 e. The molecule has 0 atom stereocenters. The lowest BCUT2D eigenvalue weighted by atomic mass is 9.66. The van der Waals surface area contributed by atoms with E-state index < -0.39 is 11.3 Å². The topological polar surface area (TPSA) is 17.1 Å². The van der Waals surface area contributed by atoms with Crippen LogP contribution in [-0.2, 0) is 4.79 Å². The van der Waals surface area contributed by atoms with Crippen molar-refractivity contribution in [1.82, 2.24) is 0 Å². The van der Waals surface area contributed by atoms with Crippen LogP contribution in [0.25, 0.3) is 0 Å². The van der Waals surface area contributed by atoms with Crippen LogP contribution in [0.2, 0.25) is 0 Å². The van der Waals surface area contributed by atoms with Gasteiger partial charge in [0, 0.05) is 5.41 Å². The molecule has 1 fully saturated rings. The Kier molecular flexibility index (Phi) is 1.53. The van der Waals surface area contributed by atoms with Gasteiger partial charge in [-0.05, 0) is 12.8 Å². The standard InChI is InChI=1S/C7H10F2O/c1-6(3-2-4-6)7(8,9)5-10/h5H,2-4H2,1H3. The second-order valence-corrected chi connectivity index (χ2v) is 3.16. The van der Waals surface area contributed by atoms with Crippen LogP contribution in [0, 0.1) is 5.41 Å². The monoisotopic (exact) mass is 148 g/mol. The van der Waals surface area contributed by atoms with Crippen molar-refractivity contribution in [2.75, 3.05) is 0 Å². The highest BCUT2D eigenvalue weighted by Crippen LogP contribution is 2.50. The van der Waals surface area contributed by atoms with Crippen LogP contribution in [0.15, 0.2) is 0 Å². The third-order valence-corrected chi connectivity index (χ3v) is 2.41. The summed E-state index contributed by atoms with van der Waals surface area (Å²) in [6, 6.07) is 0. The molecule has 0 aliphatic heterocycles. The lowest BCUT2D eigenvalue weighted by Crippen LogP contribution is -2.45. The van der Waals surface area contributed by atoms with Crippen molar-refractivity contribution in [3.63, 3.8) is 0 Å². The predicted molar refractivity (Wildman–Crippen MR) is 33.0 cm³/mol. The number of hydrogen-bond acceptors (Lipinski definition) is 1. The molecule has 3 heteroatoms. The van der Waals surface area contributed by atoms with Crippen molar-refractivity contribution < 1.29 is 13.6 Å². The molecule has 0 N–H and O–H groups in total. The quantitative estimate of drug-likeness (QED) is 0.547. The fraction of sp³-hybridized carbons (Fsp3) is 0.857. The number of carbonyl (C=O) groups excluding carboxylic acids is 1. The highest BCUT2D eigenvalue weighted by Gasteiger charge is 2.53. The summed E-state index contributed by atoms with van der Waals surface area (Å²) in [7, 11) is 0. The number of hydrogen-bond donors (Lipinski definition) is 0. The lowest BCUT2D eigenvalue weighted by Gasteiger charge is -2.41. The molecule has 0 aromatic rings. The highest BCUT2D eigenvalue weighted by molar-refractivity contribution is 5.61. The SMILES string of the molecule is CC1(C(F)(F)C=O)CCC1. The van der Waals surface area contributed by atoms with Gasteiger partial charge >= 0.3 is 5.92 Å². The molecular weight excluding hydrogens is 138 g/mol. The molecule has 1 rings (SSSR count). The first-order valence-corrected chi connectivity index (χ1v) is 3.36. The van der Waals surface area contributed by atoms with Crippen LogP contribution in [0.1, 0.15) is 26.2 Å². The lowest BCUT2D eigenvalue weighted by molar-refractivity contribution is -0.163. The predicted octanol–water partition coefficient (Wildman–Crippen LogP) is 2.01. The molecular formula is C7H10F2O. The summed E-state index contributed by atoms with van der Waals surface area (Å²) < 4.78 is 25.2. The number of halogens is 2. The van der Waals surface area contributed by atoms with E-state index in [-0.39, 0.29) is 6.29 Å². The largest absolute Gasteiger partial charge is 0.307 e. The van der Waals surface area contributed by atoms with Gasteiger partial charge in [-0.2, -0.15) is 8.78 Å². The van der Waals surface area contributed by atoms with E-state index in [4.69, 9.17) is 0 Å². The van der Waals surface area contributed by atoms with Crippen LogP contribution in [0.3, 0.4) is 0 Å². The van der Waals surface area contributed by atoms with E-state index in [2.05, 4.69) is 0 Å². The minimum Gasteiger partial charge on any atom is -0.297 e. The van der Waals surface area contributed by atoms with E-state index in [1.54, 1.807) is 0 Å². The molecule has 1 aliphatic carbocycles. The molecule has 0 unspecified atom stereocenters. The minimum absolute atomic E-state index is 0.230. The van der Waals surface area contributed by atoms with Gasteiger partial charge in [0.1, 0.15) is 0 Å². The van der Waals surface area contributed by atoms with Gasteiger partial charge < -0.3 is 0 Å². The molecule has 0 saturated heterocycles. The zero-order chi connectivity index (χ0) is 7.83. The molecule has 1 aliphatic rings. The summed E-state index contributed by atoms with van der Waals surface area (Å²) in [6.45, 7) is 1.46. The van der Waals surface area contributed by atoms with Gasteiger partial charge in [-0.3, -0.25) is 4.79 Å². The summed E-state index contributed by atoms with van der Waals surface area (Å²) in [4.78, 5) is 9.92. The Morgan fingerprint density at radius 3 is 2.10 bits per heavy atom. The van der Waals surface area contributed by atoms with Gasteiger partial charge in [0.05, 0.1) is 0 Å². The summed E-state index contributed by atoms with van der Waals surface area (Å²) in [5.74, 6) is -3.11. The fourth-order valence-corrected chi connectivity index (χ4v) is 1.18. The molecule has 0 heterocycles. The van der Waals surface area contributed by atoms with Crippen LogP contribution in [-0.4, -0.2) is 12.2 Å². The zero-order valence-corrected chi connectivity index (χ0v) is 5.86. The Bertz CT molecular complexity index is 150. The van der Waals surface area contributed by atoms with Crippen molar-refractivity contribution in [2.24, 2.45) is 5.41 Å². The fourth-order valence-electron chi connectivity index (χ4n) is 1.18. The van der Waals surface area contributed by atoms with Crippen molar-refractivity contribution >= 4 is 6.29 Å². The highest BCUT2D eigenvalue weighted by atomic mass is 19.3. The molecule has 0 bridgehead atoms. The van der Waals surface area contributed by atoms with Crippen LogP contribution >= 0.6 is 0 Å². The second kappa shape index (κ2) is 2.01. The first-order chi connectivity index (χ1) is 4.52. The van der Waals surface area contributed by atoms with E-state index in [1.165, 1.54) is 6.92 Å². The maximum Gasteiger partial charge on any atom is 0.307 e. The van der Waals surface area contributed by atoms with Gasteiger partial charge in [0.2, 0.25) is 0 Å². The van der Waals surface area contributed by atoms with Crippen molar-refractivity contribution in [2.45, 2.75) is 32.1 Å². The number of rotatable bonds is 2. The third-order valence-electron chi connectivity index (χ3n) is 2.41. The van der Waals surface area contributed by atoms with Crippen LogP contribution < -0.4 is 0 Å². The summed E-state index contributed by atoms with van der Waals surface area (Å²) in [5, 5.41) is 0. The van der Waals surface area contributed by atoms with Crippen molar-refractivity contribution in [3.8, 4) is 0 Å². The molecule has 10 heavy (non-hydrogen) atoms. The minimum atomic E-state index is -3.11. The molecule has 1 saturated carbocycles. The van der Waals surface area contributed by atoms with Crippen LogP contribution in [0.4, 0.5) is 8.78 Å². The molecule has 1 nitrogen and oxygen atoms in total. The summed E-state index contributed by atoms with van der Waals surface area (Å²) in [5.41, 5.74) is -1.03. The van der Waals surface area contributed by atoms with E-state index in [0.29, 0.717) is 12.8 Å². The first-order valence-electron chi connectivity index (χ1n) is 3.36. The van der Waals surface area contributed by atoms with Gasteiger partial charge in [-0.15, -0.1) is 0 Å². The molecule has 0 amide bonds. The maximum atomic E-state index is 12.6. The van der Waals surface area contributed by atoms with Crippen molar-refractivity contribution in [1.29, 1.82) is 0 Å². The van der Waals surface area contributed by atoms with Crippen LogP contribution in [0.5, 0.6) is 0 Å². The molecule has 0 spiro atoms. The molecule has 0 aromatic heterocycles. The van der Waals surface area contributed by atoms with E-state index >= 15 is 0 Å². The van der Waals surface area contributed by atoms with Gasteiger partial charge in [-0.25, -0.2) is 0 Å². The second-order valence-electron chi connectivity index (χ2n) is 3.16. The summed E-state index contributed by atoms with van der Waals surface area (Å²) in [6.07, 6.45) is 1.53. The Labute approximate surface area is 58.4 Å². The van der Waals surface area contributed by atoms with E-state index in [1.807, 2.05) is 0 Å². The summed E-state index contributed by atoms with van der Waals surface area (Å²) >= 11 is 0. The Hall–Kier alpha value is -0.470. The average molecular weight is 148 g/mol. The first kappa shape index (κ1) is 7.63.